The van der Waals surface area contributed by atoms with E-state index in [2.05, 4.69) is 0 Å². The molecule has 1 amide bonds. The maximum absolute atomic E-state index is 13.3. The molecule has 6 nitrogen and oxygen atoms in total. The third-order valence-electron chi connectivity index (χ3n) is 3.36. The van der Waals surface area contributed by atoms with Crippen LogP contribution in [0.15, 0.2) is 0 Å². The Morgan fingerprint density at radius 1 is 1.40 bits per heavy atom. The molecule has 0 bridgehead atoms. The van der Waals surface area contributed by atoms with Gasteiger partial charge in [0, 0.05) is 13.0 Å². The number of hydrogen-bond donors (Lipinski definition) is 0. The standard InChI is InChI=1S/C12H22NO5PSi/c1-20(2,3)18-19(16,10-7-12(15)17-8-10)9-13-6-4-5-11(13)14/h10H,4-9H2,1-3H3. The van der Waals surface area contributed by atoms with Gasteiger partial charge in [-0.05, 0) is 26.1 Å². The molecule has 8 heteroatoms. The van der Waals surface area contributed by atoms with Gasteiger partial charge in [0.2, 0.25) is 13.3 Å². The van der Waals surface area contributed by atoms with Crippen LogP contribution in [0.1, 0.15) is 19.3 Å². The van der Waals surface area contributed by atoms with Crippen LogP contribution in [-0.4, -0.2) is 50.2 Å². The van der Waals surface area contributed by atoms with Crippen LogP contribution in [0.2, 0.25) is 19.6 Å². The van der Waals surface area contributed by atoms with Crippen LogP contribution in [-0.2, 0) is 23.1 Å². The zero-order chi connectivity index (χ0) is 15.0. The third-order valence-corrected chi connectivity index (χ3v) is 8.97. The van der Waals surface area contributed by atoms with Gasteiger partial charge < -0.3 is 13.8 Å². The molecule has 2 aliphatic heterocycles. The molecule has 20 heavy (non-hydrogen) atoms. The molecule has 2 saturated heterocycles. The van der Waals surface area contributed by atoms with Gasteiger partial charge in [-0.3, -0.25) is 14.2 Å². The Balaban J connectivity index is 2.17. The Morgan fingerprint density at radius 3 is 2.55 bits per heavy atom. The zero-order valence-corrected chi connectivity index (χ0v) is 14.2. The summed E-state index contributed by atoms with van der Waals surface area (Å²) in [6, 6.07) is 0. The van der Waals surface area contributed by atoms with Crippen molar-refractivity contribution < 1.29 is 23.1 Å². The summed E-state index contributed by atoms with van der Waals surface area (Å²) in [5.74, 6) is -0.309. The first kappa shape index (κ1) is 15.7. The number of cyclic esters (lactones) is 1. The van der Waals surface area contributed by atoms with Gasteiger partial charge in [-0.1, -0.05) is 0 Å². The van der Waals surface area contributed by atoms with Crippen molar-refractivity contribution >= 4 is 27.6 Å². The minimum absolute atomic E-state index is 0.0228. The number of hydrogen-bond acceptors (Lipinski definition) is 5. The van der Waals surface area contributed by atoms with Crippen molar-refractivity contribution in [3.05, 3.63) is 0 Å². The summed E-state index contributed by atoms with van der Waals surface area (Å²) in [7, 11) is -5.14. The molecule has 0 aliphatic carbocycles. The number of esters is 1. The second-order valence-corrected chi connectivity index (χ2v) is 13.8. The van der Waals surface area contributed by atoms with Crippen molar-refractivity contribution in [2.24, 2.45) is 0 Å². The number of carbonyl (C=O) groups excluding carboxylic acids is 2. The van der Waals surface area contributed by atoms with Crippen LogP contribution in [0.5, 0.6) is 0 Å². The van der Waals surface area contributed by atoms with Gasteiger partial charge in [-0.25, -0.2) is 0 Å². The van der Waals surface area contributed by atoms with E-state index >= 15 is 0 Å². The second-order valence-electron chi connectivity index (χ2n) is 6.37. The van der Waals surface area contributed by atoms with E-state index in [1.165, 1.54) is 0 Å². The number of carbonyl (C=O) groups is 2. The van der Waals surface area contributed by atoms with Crippen LogP contribution in [0, 0.1) is 0 Å². The second kappa shape index (κ2) is 5.62. The summed E-state index contributed by atoms with van der Waals surface area (Å²) in [5, 5.41) is 0. The lowest BCUT2D eigenvalue weighted by Crippen LogP contribution is -2.34. The number of amides is 1. The first-order valence-corrected chi connectivity index (χ1v) is 12.2. The molecule has 114 valence electrons. The molecular weight excluding hydrogens is 297 g/mol. The van der Waals surface area contributed by atoms with Crippen LogP contribution in [0.3, 0.4) is 0 Å². The highest BCUT2D eigenvalue weighted by molar-refractivity contribution is 7.61. The Kier molecular flexibility index (Phi) is 4.42. The first-order valence-electron chi connectivity index (χ1n) is 6.92. The lowest BCUT2D eigenvalue weighted by molar-refractivity contribution is -0.138. The van der Waals surface area contributed by atoms with Gasteiger partial charge in [0.05, 0.1) is 18.4 Å². The van der Waals surface area contributed by atoms with Crippen LogP contribution in [0.4, 0.5) is 0 Å². The molecule has 2 heterocycles. The predicted molar refractivity (Wildman–Crippen MR) is 77.2 cm³/mol. The maximum atomic E-state index is 13.3. The summed E-state index contributed by atoms with van der Waals surface area (Å²) in [6.07, 6.45) is 1.56. The fourth-order valence-electron chi connectivity index (χ4n) is 2.53. The van der Waals surface area contributed by atoms with Crippen molar-refractivity contribution in [1.82, 2.24) is 4.90 Å². The summed E-state index contributed by atoms with van der Waals surface area (Å²) in [5.41, 5.74) is -0.407. The minimum atomic E-state index is -3.09. The van der Waals surface area contributed by atoms with Gasteiger partial charge in [0.25, 0.3) is 0 Å². The summed E-state index contributed by atoms with van der Waals surface area (Å²) < 4.78 is 24.1. The van der Waals surface area contributed by atoms with Crippen molar-refractivity contribution in [1.29, 1.82) is 0 Å². The van der Waals surface area contributed by atoms with E-state index in [9.17, 15) is 14.2 Å². The predicted octanol–water partition coefficient (Wildman–Crippen LogP) is 2.01. The van der Waals surface area contributed by atoms with E-state index in [0.29, 0.717) is 13.0 Å². The monoisotopic (exact) mass is 319 g/mol. The van der Waals surface area contributed by atoms with Crippen LogP contribution >= 0.6 is 7.37 Å². The average molecular weight is 319 g/mol. The molecule has 0 N–H and O–H groups in total. The smallest absolute Gasteiger partial charge is 0.306 e. The van der Waals surface area contributed by atoms with E-state index in [4.69, 9.17) is 8.95 Å². The Hall–Kier alpha value is -0.653. The summed E-state index contributed by atoms with van der Waals surface area (Å²) in [4.78, 5) is 24.7. The normalized spacial score (nSPS) is 26.8. The van der Waals surface area contributed by atoms with Crippen LogP contribution < -0.4 is 0 Å². The molecule has 0 aromatic heterocycles. The molecule has 2 fully saturated rings. The Labute approximate surface area is 120 Å². The zero-order valence-electron chi connectivity index (χ0n) is 12.3. The number of rotatable bonds is 5. The highest BCUT2D eigenvalue weighted by Crippen LogP contribution is 2.57. The molecule has 2 unspecified atom stereocenters. The average Bonchev–Trinajstić information content (AvgIpc) is 2.86. The van der Waals surface area contributed by atoms with Gasteiger partial charge in [0.15, 0.2) is 8.32 Å². The molecule has 2 aliphatic rings. The third kappa shape index (κ3) is 3.71. The maximum Gasteiger partial charge on any atom is 0.306 e. The number of nitrogens with zero attached hydrogens (tertiary/aromatic N) is 1. The van der Waals surface area contributed by atoms with Gasteiger partial charge in [0.1, 0.15) is 6.61 Å². The summed E-state index contributed by atoms with van der Waals surface area (Å²) in [6.45, 7) is 6.65. The van der Waals surface area contributed by atoms with Crippen molar-refractivity contribution in [2.45, 2.75) is 44.6 Å². The molecule has 0 aromatic carbocycles. The molecule has 0 spiro atoms. The molecular formula is C12H22NO5PSi. The van der Waals surface area contributed by atoms with E-state index < -0.39 is 21.3 Å². The summed E-state index contributed by atoms with van der Waals surface area (Å²) >= 11 is 0. The largest absolute Gasteiger partial charge is 0.465 e. The SMILES string of the molecule is C[Si](C)(C)OP(=O)(CN1CCCC1=O)C1COC(=O)C1. The fourth-order valence-corrected chi connectivity index (χ4v) is 8.80. The van der Waals surface area contributed by atoms with Crippen molar-refractivity contribution in [3.63, 3.8) is 0 Å². The van der Waals surface area contributed by atoms with Gasteiger partial charge in [-0.2, -0.15) is 0 Å². The van der Waals surface area contributed by atoms with E-state index in [1.54, 1.807) is 4.90 Å². The van der Waals surface area contributed by atoms with E-state index in [1.807, 2.05) is 19.6 Å². The highest BCUT2D eigenvalue weighted by atomic mass is 31.2. The molecule has 0 saturated carbocycles. The van der Waals surface area contributed by atoms with Crippen LogP contribution in [0.25, 0.3) is 0 Å². The Morgan fingerprint density at radius 2 is 2.10 bits per heavy atom. The lowest BCUT2D eigenvalue weighted by Gasteiger charge is -2.32. The minimum Gasteiger partial charge on any atom is -0.465 e. The topological polar surface area (TPSA) is 72.9 Å². The highest BCUT2D eigenvalue weighted by Gasteiger charge is 2.45. The molecule has 2 rings (SSSR count). The first-order chi connectivity index (χ1) is 9.20. The van der Waals surface area contributed by atoms with Crippen molar-refractivity contribution in [3.8, 4) is 0 Å². The van der Waals surface area contributed by atoms with Gasteiger partial charge in [-0.15, -0.1) is 0 Å². The fraction of sp³-hybridized carbons (Fsp3) is 0.833. The van der Waals surface area contributed by atoms with E-state index in [0.717, 1.165) is 6.42 Å². The van der Waals surface area contributed by atoms with Crippen molar-refractivity contribution in [2.75, 3.05) is 19.4 Å². The quantitative estimate of drug-likeness (QED) is 0.440. The van der Waals surface area contributed by atoms with Gasteiger partial charge >= 0.3 is 5.97 Å². The molecule has 0 aromatic rings. The lowest BCUT2D eigenvalue weighted by atomic mass is 10.4. The van der Waals surface area contributed by atoms with E-state index in [-0.39, 0.29) is 31.2 Å². The molecule has 2 atom stereocenters. The molecule has 0 radical (unpaired) electrons. The Bertz CT molecular complexity index is 461. The number of likely N-dealkylation sites (tertiary alicyclic amines) is 1. The number of ether oxygens (including phenoxy) is 1.